The highest BCUT2D eigenvalue weighted by atomic mass is 16.6. The number of anilines is 1. The summed E-state index contributed by atoms with van der Waals surface area (Å²) in [5.41, 5.74) is 0.330. The number of hydrogen-bond acceptors (Lipinski definition) is 4. The molecule has 3 N–H and O–H groups in total. The number of H-pyrrole nitrogens is 1. The van der Waals surface area contributed by atoms with Crippen molar-refractivity contribution in [1.29, 1.82) is 0 Å². The number of aromatic nitrogens is 2. The highest BCUT2D eigenvalue weighted by Gasteiger charge is 2.17. The van der Waals surface area contributed by atoms with Crippen molar-refractivity contribution in [1.82, 2.24) is 10.2 Å². The van der Waals surface area contributed by atoms with Gasteiger partial charge >= 0.3 is 12.1 Å². The lowest BCUT2D eigenvalue weighted by atomic mass is 10.2. The fourth-order valence-corrected chi connectivity index (χ4v) is 1.68. The molecule has 0 radical (unpaired) electrons. The Bertz CT molecular complexity index is 670. The normalized spacial score (nSPS) is 11.3. The number of nitrogens with zero attached hydrogens (tertiary/aromatic N) is 1. The second kappa shape index (κ2) is 4.84. The summed E-state index contributed by atoms with van der Waals surface area (Å²) in [5, 5.41) is 18.3. The number of aromatic amines is 1. The summed E-state index contributed by atoms with van der Waals surface area (Å²) in [6.45, 7) is 5.27. The van der Waals surface area contributed by atoms with Gasteiger partial charge in [0.25, 0.3) is 0 Å². The van der Waals surface area contributed by atoms with Gasteiger partial charge in [-0.25, -0.2) is 9.59 Å². The fraction of sp³-hybridized carbons (Fsp3) is 0.308. The van der Waals surface area contributed by atoms with E-state index in [1.165, 1.54) is 6.07 Å². The van der Waals surface area contributed by atoms with Gasteiger partial charge in [0, 0.05) is 11.1 Å². The monoisotopic (exact) mass is 277 g/mol. The topological polar surface area (TPSA) is 104 Å². The van der Waals surface area contributed by atoms with Gasteiger partial charge in [0.2, 0.25) is 0 Å². The standard InChI is InChI=1S/C13H15N3O4/c1-13(2,3)20-12(19)14-7-4-5-9-8(6-7)10(11(17)18)16-15-9/h4-6H,1-3H3,(H,14,19)(H,15,16)(H,17,18). The molecule has 1 aromatic carbocycles. The molecule has 0 atom stereocenters. The Labute approximate surface area is 114 Å². The van der Waals surface area contributed by atoms with Crippen molar-refractivity contribution in [3.63, 3.8) is 0 Å². The first-order valence-corrected chi connectivity index (χ1v) is 5.98. The largest absolute Gasteiger partial charge is 0.476 e. The maximum atomic E-state index is 11.6. The Morgan fingerprint density at radius 1 is 1.35 bits per heavy atom. The van der Waals surface area contributed by atoms with Gasteiger partial charge in [-0.3, -0.25) is 10.4 Å². The van der Waals surface area contributed by atoms with Crippen molar-refractivity contribution in [3.8, 4) is 0 Å². The van der Waals surface area contributed by atoms with Crippen LogP contribution in [0.4, 0.5) is 10.5 Å². The van der Waals surface area contributed by atoms with E-state index in [4.69, 9.17) is 9.84 Å². The molecule has 2 aromatic rings. The Balaban J connectivity index is 2.25. The van der Waals surface area contributed by atoms with Crippen LogP contribution in [-0.4, -0.2) is 33.0 Å². The van der Waals surface area contributed by atoms with Crippen LogP contribution in [0.3, 0.4) is 0 Å². The number of carbonyl (C=O) groups excluding carboxylic acids is 1. The van der Waals surface area contributed by atoms with Crippen LogP contribution < -0.4 is 5.32 Å². The van der Waals surface area contributed by atoms with Crippen LogP contribution >= 0.6 is 0 Å². The molecule has 0 aliphatic rings. The van der Waals surface area contributed by atoms with Crippen molar-refractivity contribution in [2.24, 2.45) is 0 Å². The zero-order chi connectivity index (χ0) is 14.9. The number of rotatable bonds is 2. The van der Waals surface area contributed by atoms with E-state index in [0.29, 0.717) is 16.6 Å². The number of carboxylic acids is 1. The SMILES string of the molecule is CC(C)(C)OC(=O)Nc1ccc2[nH]nc(C(=O)O)c2c1. The predicted octanol–water partition coefficient (Wildman–Crippen LogP) is 2.61. The molecule has 7 nitrogen and oxygen atoms in total. The van der Waals surface area contributed by atoms with Crippen LogP contribution in [-0.2, 0) is 4.74 Å². The van der Waals surface area contributed by atoms with E-state index in [2.05, 4.69) is 15.5 Å². The summed E-state index contributed by atoms with van der Waals surface area (Å²) in [7, 11) is 0. The Morgan fingerprint density at radius 2 is 2.05 bits per heavy atom. The highest BCUT2D eigenvalue weighted by Crippen LogP contribution is 2.21. The number of fused-ring (bicyclic) bond motifs is 1. The van der Waals surface area contributed by atoms with Crippen LogP contribution in [0.15, 0.2) is 18.2 Å². The third-order valence-corrected chi connectivity index (χ3v) is 2.41. The zero-order valence-corrected chi connectivity index (χ0v) is 11.4. The van der Waals surface area contributed by atoms with Crippen LogP contribution in [0.25, 0.3) is 10.9 Å². The molecule has 1 aromatic heterocycles. The maximum Gasteiger partial charge on any atom is 0.412 e. The summed E-state index contributed by atoms with van der Waals surface area (Å²) < 4.78 is 5.12. The first-order valence-electron chi connectivity index (χ1n) is 5.98. The Hall–Kier alpha value is -2.57. The molecule has 0 unspecified atom stereocenters. The zero-order valence-electron chi connectivity index (χ0n) is 11.4. The Morgan fingerprint density at radius 3 is 2.65 bits per heavy atom. The summed E-state index contributed by atoms with van der Waals surface area (Å²) in [6.07, 6.45) is -0.600. The smallest absolute Gasteiger partial charge is 0.412 e. The second-order valence-electron chi connectivity index (χ2n) is 5.26. The lowest BCUT2D eigenvalue weighted by molar-refractivity contribution is 0.0634. The first-order chi connectivity index (χ1) is 9.26. The molecule has 0 saturated heterocycles. The average Bonchev–Trinajstić information content (AvgIpc) is 2.69. The van der Waals surface area contributed by atoms with Crippen molar-refractivity contribution >= 4 is 28.7 Å². The second-order valence-corrected chi connectivity index (χ2v) is 5.26. The average molecular weight is 277 g/mol. The van der Waals surface area contributed by atoms with Gasteiger partial charge in [0.05, 0.1) is 5.52 Å². The summed E-state index contributed by atoms with van der Waals surface area (Å²) >= 11 is 0. The van der Waals surface area contributed by atoms with Crippen LogP contribution in [0.2, 0.25) is 0 Å². The van der Waals surface area contributed by atoms with Gasteiger partial charge in [-0.2, -0.15) is 5.10 Å². The van der Waals surface area contributed by atoms with E-state index in [0.717, 1.165) is 0 Å². The van der Waals surface area contributed by atoms with Gasteiger partial charge in [0.15, 0.2) is 5.69 Å². The van der Waals surface area contributed by atoms with Gasteiger partial charge in [-0.05, 0) is 39.0 Å². The maximum absolute atomic E-state index is 11.6. The third kappa shape index (κ3) is 3.05. The molecule has 1 amide bonds. The lowest BCUT2D eigenvalue weighted by Gasteiger charge is -2.19. The molecule has 0 saturated carbocycles. The van der Waals surface area contributed by atoms with Crippen LogP contribution in [0, 0.1) is 0 Å². The quantitative estimate of drug-likeness (QED) is 0.782. The minimum absolute atomic E-state index is 0.0900. The molecule has 0 aliphatic carbocycles. The minimum atomic E-state index is -1.13. The number of carboxylic acid groups (broad SMARTS) is 1. The molecule has 7 heteroatoms. The molecule has 20 heavy (non-hydrogen) atoms. The molecule has 2 rings (SSSR count). The van der Waals surface area contributed by atoms with E-state index in [1.807, 2.05) is 0 Å². The minimum Gasteiger partial charge on any atom is -0.476 e. The molecule has 1 heterocycles. The van der Waals surface area contributed by atoms with E-state index >= 15 is 0 Å². The van der Waals surface area contributed by atoms with Crippen molar-refractivity contribution in [3.05, 3.63) is 23.9 Å². The van der Waals surface area contributed by atoms with E-state index in [9.17, 15) is 9.59 Å². The summed E-state index contributed by atoms with van der Waals surface area (Å²) in [6, 6.07) is 4.81. The number of hydrogen-bond donors (Lipinski definition) is 3. The first kappa shape index (κ1) is 13.9. The molecule has 0 fully saturated rings. The predicted molar refractivity (Wildman–Crippen MR) is 72.9 cm³/mol. The molecule has 0 bridgehead atoms. The summed E-state index contributed by atoms with van der Waals surface area (Å²) in [5.74, 6) is -1.13. The highest BCUT2D eigenvalue weighted by molar-refractivity contribution is 6.02. The summed E-state index contributed by atoms with van der Waals surface area (Å²) in [4.78, 5) is 22.7. The molecule has 0 aliphatic heterocycles. The number of aromatic carboxylic acids is 1. The van der Waals surface area contributed by atoms with Gasteiger partial charge < -0.3 is 9.84 Å². The fourth-order valence-electron chi connectivity index (χ4n) is 1.68. The Kier molecular flexibility index (Phi) is 3.35. The van der Waals surface area contributed by atoms with E-state index in [-0.39, 0.29) is 5.69 Å². The molecule has 0 spiro atoms. The molecule has 106 valence electrons. The number of amides is 1. The molecular weight excluding hydrogens is 262 g/mol. The van der Waals surface area contributed by atoms with Gasteiger partial charge in [-0.15, -0.1) is 0 Å². The van der Waals surface area contributed by atoms with E-state index < -0.39 is 17.7 Å². The van der Waals surface area contributed by atoms with Gasteiger partial charge in [0.1, 0.15) is 5.60 Å². The van der Waals surface area contributed by atoms with Crippen molar-refractivity contribution in [2.75, 3.05) is 5.32 Å². The van der Waals surface area contributed by atoms with Crippen LogP contribution in [0.5, 0.6) is 0 Å². The number of nitrogens with one attached hydrogen (secondary N) is 2. The third-order valence-electron chi connectivity index (χ3n) is 2.41. The van der Waals surface area contributed by atoms with Gasteiger partial charge in [-0.1, -0.05) is 0 Å². The molecular formula is C13H15N3O4. The lowest BCUT2D eigenvalue weighted by Crippen LogP contribution is -2.27. The van der Waals surface area contributed by atoms with Crippen molar-refractivity contribution < 1.29 is 19.4 Å². The van der Waals surface area contributed by atoms with E-state index in [1.54, 1.807) is 32.9 Å². The van der Waals surface area contributed by atoms with Crippen molar-refractivity contribution in [2.45, 2.75) is 26.4 Å². The number of benzene rings is 1. The number of ether oxygens (including phenoxy) is 1. The van der Waals surface area contributed by atoms with Crippen LogP contribution in [0.1, 0.15) is 31.3 Å². The number of carbonyl (C=O) groups is 2.